The molecule has 0 aromatic heterocycles. The van der Waals surface area contributed by atoms with E-state index in [1.54, 1.807) is 0 Å². The van der Waals surface area contributed by atoms with Crippen LogP contribution < -0.4 is 15.5 Å². The summed E-state index contributed by atoms with van der Waals surface area (Å²) in [5, 5.41) is 6.33. The number of nitrogens with zero attached hydrogens (tertiary/aromatic N) is 1. The van der Waals surface area contributed by atoms with Gasteiger partial charge in [-0.05, 0) is 18.1 Å². The Morgan fingerprint density at radius 3 is 2.35 bits per heavy atom. The number of carbonyl (C=O) groups is 1. The van der Waals surface area contributed by atoms with Crippen LogP contribution in [0, 0.1) is 0 Å². The monoisotopic (exact) mass is 277 g/mol. The molecule has 2 N–H and O–H groups in total. The Morgan fingerprint density at radius 1 is 1.10 bits per heavy atom. The van der Waals surface area contributed by atoms with Gasteiger partial charge in [-0.2, -0.15) is 0 Å². The standard InChI is InChI=1S/C12H15N3O.2C2H6/c1-8-7-15-11-9(5-13-8)3-2-4-10(11)6-14-12(15)16;2*1-2/h2-4,8,13H,5-7H2,1H3,(H,14,16);2*1-2H3. The highest BCUT2D eigenvalue weighted by Crippen LogP contribution is 2.30. The van der Waals surface area contributed by atoms with Crippen molar-refractivity contribution in [1.82, 2.24) is 10.6 Å². The topological polar surface area (TPSA) is 44.4 Å². The average Bonchev–Trinajstić information content (AvgIpc) is 2.68. The molecule has 0 saturated carbocycles. The molecular formula is C16H27N3O. The van der Waals surface area contributed by atoms with Crippen LogP contribution in [0.5, 0.6) is 0 Å². The van der Waals surface area contributed by atoms with Crippen LogP contribution in [0.2, 0.25) is 0 Å². The van der Waals surface area contributed by atoms with Crippen molar-refractivity contribution < 1.29 is 4.79 Å². The van der Waals surface area contributed by atoms with Crippen LogP contribution in [0.3, 0.4) is 0 Å². The molecule has 1 atom stereocenters. The molecule has 0 radical (unpaired) electrons. The Morgan fingerprint density at radius 2 is 1.70 bits per heavy atom. The van der Waals surface area contributed by atoms with Gasteiger partial charge in [0.1, 0.15) is 0 Å². The van der Waals surface area contributed by atoms with Crippen molar-refractivity contribution in [2.45, 2.75) is 53.8 Å². The van der Waals surface area contributed by atoms with Crippen molar-refractivity contribution in [1.29, 1.82) is 0 Å². The third kappa shape index (κ3) is 3.31. The Kier molecular flexibility index (Phi) is 6.52. The fourth-order valence-corrected chi connectivity index (χ4v) is 2.44. The maximum absolute atomic E-state index is 11.9. The van der Waals surface area contributed by atoms with Gasteiger partial charge < -0.3 is 10.6 Å². The summed E-state index contributed by atoms with van der Waals surface area (Å²) < 4.78 is 0. The van der Waals surface area contributed by atoms with E-state index in [2.05, 4.69) is 35.8 Å². The zero-order valence-corrected chi connectivity index (χ0v) is 13.3. The van der Waals surface area contributed by atoms with Crippen LogP contribution in [0.4, 0.5) is 10.5 Å². The first-order valence-electron chi connectivity index (χ1n) is 7.65. The van der Waals surface area contributed by atoms with Gasteiger partial charge >= 0.3 is 6.03 Å². The molecule has 1 unspecified atom stereocenters. The lowest BCUT2D eigenvalue weighted by Crippen LogP contribution is -2.47. The minimum absolute atomic E-state index is 0.0236. The summed E-state index contributed by atoms with van der Waals surface area (Å²) >= 11 is 0. The molecule has 20 heavy (non-hydrogen) atoms. The van der Waals surface area contributed by atoms with Crippen LogP contribution >= 0.6 is 0 Å². The van der Waals surface area contributed by atoms with Gasteiger partial charge in [0.05, 0.1) is 5.69 Å². The quantitative estimate of drug-likeness (QED) is 0.764. The van der Waals surface area contributed by atoms with E-state index in [1.165, 1.54) is 11.1 Å². The number of carbonyl (C=O) groups excluding carboxylic acids is 1. The molecule has 112 valence electrons. The van der Waals surface area contributed by atoms with Crippen LogP contribution in [-0.2, 0) is 13.1 Å². The second-order valence-corrected chi connectivity index (χ2v) is 4.48. The largest absolute Gasteiger partial charge is 0.334 e. The summed E-state index contributed by atoms with van der Waals surface area (Å²) in [4.78, 5) is 13.7. The molecule has 0 spiro atoms. The normalized spacial score (nSPS) is 19.4. The van der Waals surface area contributed by atoms with E-state index >= 15 is 0 Å². The van der Waals surface area contributed by atoms with Gasteiger partial charge in [-0.3, -0.25) is 4.90 Å². The number of hydrogen-bond donors (Lipinski definition) is 2. The summed E-state index contributed by atoms with van der Waals surface area (Å²) in [5.74, 6) is 0. The van der Waals surface area contributed by atoms with E-state index in [0.717, 1.165) is 18.8 Å². The highest BCUT2D eigenvalue weighted by molar-refractivity contribution is 5.96. The summed E-state index contributed by atoms with van der Waals surface area (Å²) in [6, 6.07) is 6.58. The molecule has 3 rings (SSSR count). The van der Waals surface area contributed by atoms with Crippen LogP contribution in [0.25, 0.3) is 0 Å². The summed E-state index contributed by atoms with van der Waals surface area (Å²) in [5.41, 5.74) is 3.55. The summed E-state index contributed by atoms with van der Waals surface area (Å²) in [7, 11) is 0. The number of rotatable bonds is 0. The van der Waals surface area contributed by atoms with E-state index < -0.39 is 0 Å². The zero-order chi connectivity index (χ0) is 15.1. The summed E-state index contributed by atoms with van der Waals surface area (Å²) in [6.07, 6.45) is 0. The SMILES string of the molecule is CC.CC.CC1CN2C(=O)NCc3cccc(c32)CN1. The minimum atomic E-state index is 0.0236. The Bertz CT molecular complexity index is 445. The molecule has 2 aliphatic rings. The lowest BCUT2D eigenvalue weighted by atomic mass is 10.0. The molecule has 2 heterocycles. The van der Waals surface area contributed by atoms with Crippen molar-refractivity contribution in [2.75, 3.05) is 11.4 Å². The summed E-state index contributed by atoms with van der Waals surface area (Å²) in [6.45, 7) is 12.3. The number of hydrogen-bond acceptors (Lipinski definition) is 2. The number of benzene rings is 1. The third-order valence-corrected chi connectivity index (χ3v) is 3.25. The van der Waals surface area contributed by atoms with E-state index in [-0.39, 0.29) is 6.03 Å². The fourth-order valence-electron chi connectivity index (χ4n) is 2.44. The Hall–Kier alpha value is -1.55. The number of amides is 2. The molecule has 4 nitrogen and oxygen atoms in total. The van der Waals surface area contributed by atoms with Gasteiger partial charge in [0, 0.05) is 25.7 Å². The molecule has 0 fully saturated rings. The zero-order valence-electron chi connectivity index (χ0n) is 13.3. The molecule has 0 saturated heterocycles. The van der Waals surface area contributed by atoms with E-state index in [0.29, 0.717) is 12.6 Å². The van der Waals surface area contributed by atoms with Crippen molar-refractivity contribution in [3.8, 4) is 0 Å². The number of para-hydroxylation sites is 1. The molecular weight excluding hydrogens is 250 g/mol. The predicted molar refractivity (Wildman–Crippen MR) is 85.0 cm³/mol. The van der Waals surface area contributed by atoms with Crippen LogP contribution in [0.1, 0.15) is 45.7 Å². The highest BCUT2D eigenvalue weighted by Gasteiger charge is 2.29. The number of nitrogens with one attached hydrogen (secondary N) is 2. The number of anilines is 1. The molecule has 1 aromatic rings. The second-order valence-electron chi connectivity index (χ2n) is 4.48. The molecule has 1 aromatic carbocycles. The maximum Gasteiger partial charge on any atom is 0.322 e. The molecule has 0 bridgehead atoms. The average molecular weight is 277 g/mol. The van der Waals surface area contributed by atoms with Crippen molar-refractivity contribution in [3.05, 3.63) is 29.3 Å². The molecule has 2 amide bonds. The first kappa shape index (κ1) is 16.5. The van der Waals surface area contributed by atoms with E-state index in [9.17, 15) is 4.79 Å². The Balaban J connectivity index is 0.000000461. The Labute approximate surface area is 122 Å². The highest BCUT2D eigenvalue weighted by atomic mass is 16.2. The van der Waals surface area contributed by atoms with Crippen molar-refractivity contribution >= 4 is 11.7 Å². The van der Waals surface area contributed by atoms with Gasteiger partial charge in [0.25, 0.3) is 0 Å². The van der Waals surface area contributed by atoms with Crippen LogP contribution in [0.15, 0.2) is 18.2 Å². The fraction of sp³-hybridized carbons (Fsp3) is 0.562. The smallest absolute Gasteiger partial charge is 0.322 e. The van der Waals surface area contributed by atoms with Gasteiger partial charge in [-0.25, -0.2) is 4.79 Å². The van der Waals surface area contributed by atoms with E-state index in [4.69, 9.17) is 0 Å². The van der Waals surface area contributed by atoms with Gasteiger partial charge in [0.15, 0.2) is 0 Å². The first-order valence-corrected chi connectivity index (χ1v) is 7.65. The first-order chi connectivity index (χ1) is 9.75. The van der Waals surface area contributed by atoms with E-state index in [1.807, 2.05) is 32.6 Å². The van der Waals surface area contributed by atoms with Crippen molar-refractivity contribution in [3.63, 3.8) is 0 Å². The van der Waals surface area contributed by atoms with Crippen molar-refractivity contribution in [2.24, 2.45) is 0 Å². The lowest BCUT2D eigenvalue weighted by Gasteiger charge is -2.31. The molecule has 2 aliphatic heterocycles. The predicted octanol–water partition coefficient (Wildman–Crippen LogP) is 3.26. The molecule has 0 aliphatic carbocycles. The van der Waals surface area contributed by atoms with Crippen LogP contribution in [-0.4, -0.2) is 18.6 Å². The maximum atomic E-state index is 11.9. The number of urea groups is 1. The third-order valence-electron chi connectivity index (χ3n) is 3.25. The minimum Gasteiger partial charge on any atom is -0.334 e. The van der Waals surface area contributed by atoms with Gasteiger partial charge in [-0.1, -0.05) is 45.9 Å². The molecule has 4 heteroatoms. The van der Waals surface area contributed by atoms with Gasteiger partial charge in [-0.15, -0.1) is 0 Å². The van der Waals surface area contributed by atoms with Gasteiger partial charge in [0.2, 0.25) is 0 Å². The lowest BCUT2D eigenvalue weighted by molar-refractivity contribution is 0.244. The second kappa shape index (κ2) is 7.90.